The maximum absolute atomic E-state index is 13.7. The van der Waals surface area contributed by atoms with E-state index in [0.29, 0.717) is 25.7 Å². The molecule has 8 unspecified atom stereocenters. The van der Waals surface area contributed by atoms with Gasteiger partial charge in [0.05, 0.1) is 30.8 Å². The second kappa shape index (κ2) is 15.4. The van der Waals surface area contributed by atoms with Gasteiger partial charge in [-0.25, -0.2) is 0 Å². The van der Waals surface area contributed by atoms with Crippen molar-refractivity contribution in [2.24, 2.45) is 39.4 Å². The topological polar surface area (TPSA) is 216 Å². The summed E-state index contributed by atoms with van der Waals surface area (Å²) in [7, 11) is 0. The molecule has 0 amide bonds. The van der Waals surface area contributed by atoms with Gasteiger partial charge in [-0.3, -0.25) is 4.79 Å². The van der Waals surface area contributed by atoms with Crippen LogP contribution in [0.3, 0.4) is 0 Å². The molecule has 2 saturated heterocycles. The highest BCUT2D eigenvalue weighted by Crippen LogP contribution is 2.73. The minimum atomic E-state index is -1.72. The summed E-state index contributed by atoms with van der Waals surface area (Å²) in [4.78, 5) is 13.7. The third-order valence-electron chi connectivity index (χ3n) is 15.6. The molecule has 13 nitrogen and oxygen atoms in total. The van der Waals surface area contributed by atoms with Gasteiger partial charge < -0.3 is 59.8 Å². The Balaban J connectivity index is 1.23. The predicted molar refractivity (Wildman–Crippen MR) is 195 cm³/mol. The summed E-state index contributed by atoms with van der Waals surface area (Å²) in [6, 6.07) is 0. The van der Waals surface area contributed by atoms with Gasteiger partial charge in [-0.05, 0) is 105 Å². The van der Waals surface area contributed by atoms with Crippen LogP contribution in [-0.4, -0.2) is 128 Å². The molecule has 2 saturated carbocycles. The zero-order valence-corrected chi connectivity index (χ0v) is 32.9. The zero-order valence-electron chi connectivity index (χ0n) is 32.9. The number of ether oxygens (including phenoxy) is 4. The van der Waals surface area contributed by atoms with E-state index >= 15 is 0 Å². The van der Waals surface area contributed by atoms with Crippen LogP contribution in [0.25, 0.3) is 0 Å². The van der Waals surface area contributed by atoms with Gasteiger partial charge in [-0.2, -0.15) is 0 Å². The monoisotopic (exact) mass is 766 g/mol. The number of carboxylic acid groups (broad SMARTS) is 1. The highest BCUT2D eigenvalue weighted by molar-refractivity contribution is 5.82. The summed E-state index contributed by atoms with van der Waals surface area (Å²) in [6.45, 7) is 15.9. The molecule has 0 aromatic heterocycles. The van der Waals surface area contributed by atoms with Gasteiger partial charge in [-0.15, -0.1) is 0 Å². The van der Waals surface area contributed by atoms with Gasteiger partial charge in [0.15, 0.2) is 12.6 Å². The molecule has 6 rings (SSSR count). The molecule has 54 heavy (non-hydrogen) atoms. The smallest absolute Gasteiger partial charge is 0.314 e. The van der Waals surface area contributed by atoms with Crippen LogP contribution >= 0.6 is 0 Å². The first-order valence-corrected chi connectivity index (χ1v) is 20.1. The molecule has 17 atom stereocenters. The van der Waals surface area contributed by atoms with Crippen LogP contribution in [0.2, 0.25) is 0 Å². The standard InChI is InChI=1S/C41H66O13/c1-20(2)25(43)10-8-21(3)22-13-17-41(37(49)50)24-9-11-28-38(4,5)29(14-15-39(28,6)23(24)12-16-40(22,41)7)53-36-34(30(45)26(44)19-51-36)54-35-33(48)32(47)31(46)27(18-42)52-35/h21-22,25-36,42-48H,1,8-19H2,2-7H3,(H,49,50)/t21-,22?,25-,26+,27?,28?,29+,30?,31+,32?,33?,34?,35+,36+,39-,40-,41?/m1/s1. The van der Waals surface area contributed by atoms with Crippen molar-refractivity contribution in [1.82, 2.24) is 0 Å². The van der Waals surface area contributed by atoms with Crippen molar-refractivity contribution < 1.29 is 64.6 Å². The summed E-state index contributed by atoms with van der Waals surface area (Å²) in [6.07, 6.45) is -6.64. The van der Waals surface area contributed by atoms with Crippen LogP contribution in [0, 0.1) is 39.4 Å². The molecule has 4 fully saturated rings. The van der Waals surface area contributed by atoms with Gasteiger partial charge in [0.2, 0.25) is 0 Å². The minimum Gasteiger partial charge on any atom is -0.481 e. The van der Waals surface area contributed by atoms with Gasteiger partial charge in [0.25, 0.3) is 0 Å². The lowest BCUT2D eigenvalue weighted by atomic mass is 9.43. The molecule has 13 heteroatoms. The van der Waals surface area contributed by atoms with Crippen molar-refractivity contribution in [3.05, 3.63) is 23.3 Å². The zero-order chi connectivity index (χ0) is 39.7. The highest BCUT2D eigenvalue weighted by atomic mass is 16.8. The van der Waals surface area contributed by atoms with E-state index in [1.807, 2.05) is 6.92 Å². The lowest BCUT2D eigenvalue weighted by Crippen LogP contribution is -2.64. The Kier molecular flexibility index (Phi) is 12.0. The second-order valence-corrected chi connectivity index (χ2v) is 18.7. The first-order valence-electron chi connectivity index (χ1n) is 20.1. The summed E-state index contributed by atoms with van der Waals surface area (Å²) >= 11 is 0. The summed E-state index contributed by atoms with van der Waals surface area (Å²) in [5.41, 5.74) is 1.17. The molecule has 0 aromatic carbocycles. The first-order chi connectivity index (χ1) is 25.3. The third-order valence-corrected chi connectivity index (χ3v) is 15.6. The average molecular weight is 767 g/mol. The van der Waals surface area contributed by atoms with Crippen LogP contribution in [0.15, 0.2) is 23.3 Å². The van der Waals surface area contributed by atoms with Gasteiger partial charge in [-0.1, -0.05) is 57.9 Å². The van der Waals surface area contributed by atoms with Gasteiger partial charge in [0, 0.05) is 0 Å². The molecular formula is C41H66O13. The van der Waals surface area contributed by atoms with Crippen LogP contribution in [-0.2, 0) is 23.7 Å². The number of hydrogen-bond acceptors (Lipinski definition) is 12. The molecule has 8 N–H and O–H groups in total. The first kappa shape index (κ1) is 42.1. The fourth-order valence-corrected chi connectivity index (χ4v) is 12.4. The lowest BCUT2D eigenvalue weighted by molar-refractivity contribution is -0.365. The summed E-state index contributed by atoms with van der Waals surface area (Å²) in [5.74, 6) is -0.0798. The van der Waals surface area contributed by atoms with Crippen molar-refractivity contribution in [2.45, 2.75) is 173 Å². The number of carboxylic acids is 1. The summed E-state index contributed by atoms with van der Waals surface area (Å²) < 4.78 is 24.1. The molecule has 6 aliphatic rings. The molecule has 2 aliphatic heterocycles. The maximum atomic E-state index is 13.7. The number of aliphatic hydroxyl groups excluding tert-OH is 7. The Hall–Kier alpha value is -1.49. The molecular weight excluding hydrogens is 700 g/mol. The SMILES string of the molecule is C=C(C)[C@H](O)CC[C@@H](C)C1CCC2(C(=O)O)C3=C(CC[C@]12C)[C@@]1(C)CC[C@H](O[C@@H]2OC[C@H](O)C(O)C2O[C@@H]2OC(CO)[C@H](O)C(O)C2O)C(C)(C)C1CC3. The molecule has 2 heterocycles. The van der Waals surface area contributed by atoms with Crippen LogP contribution < -0.4 is 0 Å². The van der Waals surface area contributed by atoms with E-state index in [2.05, 4.69) is 41.2 Å². The molecule has 0 aromatic rings. The van der Waals surface area contributed by atoms with E-state index in [1.54, 1.807) is 0 Å². The van der Waals surface area contributed by atoms with Crippen molar-refractivity contribution >= 4 is 5.97 Å². The third kappa shape index (κ3) is 6.64. The highest BCUT2D eigenvalue weighted by Gasteiger charge is 2.68. The molecule has 308 valence electrons. The lowest BCUT2D eigenvalue weighted by Gasteiger charge is -2.62. The number of allylic oxidation sites excluding steroid dienone is 1. The Morgan fingerprint density at radius 2 is 1.59 bits per heavy atom. The Labute approximate surface area is 319 Å². The van der Waals surface area contributed by atoms with Gasteiger partial charge in [0.1, 0.15) is 42.7 Å². The predicted octanol–water partition coefficient (Wildman–Crippen LogP) is 2.80. The second-order valence-electron chi connectivity index (χ2n) is 18.7. The Bertz CT molecular complexity index is 1430. The number of hydrogen-bond donors (Lipinski definition) is 8. The van der Waals surface area contributed by atoms with E-state index < -0.39 is 90.2 Å². The number of carbonyl (C=O) groups is 1. The fourth-order valence-electron chi connectivity index (χ4n) is 12.4. The molecule has 0 spiro atoms. The van der Waals surface area contributed by atoms with Gasteiger partial charge >= 0.3 is 5.97 Å². The van der Waals surface area contributed by atoms with E-state index in [4.69, 9.17) is 18.9 Å². The van der Waals surface area contributed by atoms with Crippen molar-refractivity contribution in [1.29, 1.82) is 0 Å². The van der Waals surface area contributed by atoms with Crippen molar-refractivity contribution in [2.75, 3.05) is 13.2 Å². The molecule has 0 radical (unpaired) electrons. The number of aliphatic carboxylic acids is 1. The number of rotatable bonds is 11. The normalized spacial score (nSPS) is 47.3. The molecule has 4 aliphatic carbocycles. The van der Waals surface area contributed by atoms with Crippen molar-refractivity contribution in [3.63, 3.8) is 0 Å². The van der Waals surface area contributed by atoms with E-state index in [9.17, 15) is 45.6 Å². The Morgan fingerprint density at radius 1 is 0.889 bits per heavy atom. The maximum Gasteiger partial charge on any atom is 0.314 e. The fraction of sp³-hybridized carbons (Fsp3) is 0.878. The number of aliphatic hydroxyl groups is 7. The quantitative estimate of drug-likeness (QED) is 0.142. The van der Waals surface area contributed by atoms with Crippen LogP contribution in [0.4, 0.5) is 0 Å². The van der Waals surface area contributed by atoms with Crippen molar-refractivity contribution in [3.8, 4) is 0 Å². The average Bonchev–Trinajstić information content (AvgIpc) is 3.45. The Morgan fingerprint density at radius 3 is 2.24 bits per heavy atom. The van der Waals surface area contributed by atoms with Crippen LogP contribution in [0.5, 0.6) is 0 Å². The van der Waals surface area contributed by atoms with Crippen LogP contribution in [0.1, 0.15) is 106 Å². The molecule has 0 bridgehead atoms. The number of fused-ring (bicyclic) bond motifs is 4. The minimum absolute atomic E-state index is 0.140. The van der Waals surface area contributed by atoms with E-state index in [0.717, 1.165) is 49.7 Å². The van der Waals surface area contributed by atoms with E-state index in [-0.39, 0.29) is 35.9 Å². The van der Waals surface area contributed by atoms with E-state index in [1.165, 1.54) is 5.57 Å². The largest absolute Gasteiger partial charge is 0.481 e. The summed E-state index contributed by atoms with van der Waals surface area (Å²) in [5, 5.41) is 84.2.